The van der Waals surface area contributed by atoms with Crippen molar-refractivity contribution >= 4 is 5.91 Å². The molecule has 0 bridgehead atoms. The molecule has 3 N–H and O–H groups in total. The van der Waals surface area contributed by atoms with E-state index in [0.717, 1.165) is 0 Å². The molecule has 0 aliphatic heterocycles. The van der Waals surface area contributed by atoms with Gasteiger partial charge >= 0.3 is 0 Å². The van der Waals surface area contributed by atoms with Crippen LogP contribution in [-0.2, 0) is 9.53 Å². The molecular formula is C14H21FN2O3. The molecular weight excluding hydrogens is 263 g/mol. The molecule has 20 heavy (non-hydrogen) atoms. The van der Waals surface area contributed by atoms with E-state index < -0.39 is 5.82 Å². The van der Waals surface area contributed by atoms with Gasteiger partial charge in [-0.05, 0) is 31.5 Å². The highest BCUT2D eigenvalue weighted by atomic mass is 19.1. The number of hydrogen-bond acceptors (Lipinski definition) is 4. The molecule has 112 valence electrons. The highest BCUT2D eigenvalue weighted by Crippen LogP contribution is 2.20. The van der Waals surface area contributed by atoms with Crippen molar-refractivity contribution in [1.29, 1.82) is 0 Å². The standard InChI is InChI=1S/C14H21FN2O3/c1-9(7-19-3)17-14(18)8-20-13-5-4-11(10(2)16)6-12(13)15/h4-6,9-10H,7-8,16H2,1-3H3,(H,17,18). The van der Waals surface area contributed by atoms with Crippen LogP contribution in [0.4, 0.5) is 4.39 Å². The molecule has 1 amide bonds. The fraction of sp³-hybridized carbons (Fsp3) is 0.500. The predicted octanol–water partition coefficient (Wildman–Crippen LogP) is 1.38. The highest BCUT2D eigenvalue weighted by molar-refractivity contribution is 5.77. The molecule has 2 unspecified atom stereocenters. The summed E-state index contributed by atoms with van der Waals surface area (Å²) in [5.74, 6) is -0.827. The second kappa shape index (κ2) is 7.81. The van der Waals surface area contributed by atoms with Crippen LogP contribution in [0.3, 0.4) is 0 Å². The van der Waals surface area contributed by atoms with Crippen LogP contribution < -0.4 is 15.8 Å². The number of hydrogen-bond donors (Lipinski definition) is 2. The first kappa shape index (κ1) is 16.4. The van der Waals surface area contributed by atoms with Crippen LogP contribution in [0.1, 0.15) is 25.5 Å². The molecule has 0 fully saturated rings. The van der Waals surface area contributed by atoms with Crippen molar-refractivity contribution in [2.45, 2.75) is 25.9 Å². The third-order valence-corrected chi connectivity index (χ3v) is 2.66. The molecule has 1 rings (SSSR count). The summed E-state index contributed by atoms with van der Waals surface area (Å²) in [7, 11) is 1.55. The Kier molecular flexibility index (Phi) is 6.41. The number of amides is 1. The smallest absolute Gasteiger partial charge is 0.258 e. The number of methoxy groups -OCH3 is 1. The Bertz CT molecular complexity index is 452. The van der Waals surface area contributed by atoms with Gasteiger partial charge in [-0.1, -0.05) is 6.07 Å². The van der Waals surface area contributed by atoms with Crippen molar-refractivity contribution in [3.63, 3.8) is 0 Å². The van der Waals surface area contributed by atoms with Crippen molar-refractivity contribution in [3.8, 4) is 5.75 Å². The van der Waals surface area contributed by atoms with Crippen LogP contribution in [-0.4, -0.2) is 32.3 Å². The van der Waals surface area contributed by atoms with Crippen LogP contribution in [0.25, 0.3) is 0 Å². The number of halogens is 1. The van der Waals surface area contributed by atoms with E-state index in [-0.39, 0.29) is 30.3 Å². The minimum Gasteiger partial charge on any atom is -0.481 e. The quantitative estimate of drug-likeness (QED) is 0.793. The molecule has 0 heterocycles. The minimum absolute atomic E-state index is 0.0314. The van der Waals surface area contributed by atoms with Crippen molar-refractivity contribution in [2.24, 2.45) is 5.73 Å². The number of nitrogens with two attached hydrogens (primary N) is 1. The maximum atomic E-state index is 13.7. The molecule has 1 aromatic carbocycles. The summed E-state index contributed by atoms with van der Waals surface area (Å²) >= 11 is 0. The van der Waals surface area contributed by atoms with E-state index >= 15 is 0 Å². The van der Waals surface area contributed by atoms with E-state index in [9.17, 15) is 9.18 Å². The Labute approximate surface area is 118 Å². The number of ether oxygens (including phenoxy) is 2. The summed E-state index contributed by atoms with van der Waals surface area (Å²) in [5, 5.41) is 2.67. The van der Waals surface area contributed by atoms with E-state index in [2.05, 4.69) is 5.32 Å². The number of benzene rings is 1. The van der Waals surface area contributed by atoms with Gasteiger partial charge in [-0.3, -0.25) is 4.79 Å². The summed E-state index contributed by atoms with van der Waals surface area (Å²) < 4.78 is 23.8. The van der Waals surface area contributed by atoms with Gasteiger partial charge in [-0.2, -0.15) is 0 Å². The van der Waals surface area contributed by atoms with Crippen LogP contribution in [0.5, 0.6) is 5.75 Å². The van der Waals surface area contributed by atoms with Crippen molar-refractivity contribution in [1.82, 2.24) is 5.32 Å². The Balaban J connectivity index is 2.51. The van der Waals surface area contributed by atoms with Crippen LogP contribution in [0.15, 0.2) is 18.2 Å². The SMILES string of the molecule is COCC(C)NC(=O)COc1ccc(C(C)N)cc1F. The van der Waals surface area contributed by atoms with Gasteiger partial charge in [-0.15, -0.1) is 0 Å². The lowest BCUT2D eigenvalue weighted by Gasteiger charge is -2.14. The van der Waals surface area contributed by atoms with Crippen molar-refractivity contribution in [2.75, 3.05) is 20.3 Å². The lowest BCUT2D eigenvalue weighted by atomic mass is 10.1. The van der Waals surface area contributed by atoms with E-state index in [4.69, 9.17) is 15.2 Å². The zero-order valence-electron chi connectivity index (χ0n) is 12.0. The molecule has 0 radical (unpaired) electrons. The molecule has 0 aliphatic carbocycles. The third-order valence-electron chi connectivity index (χ3n) is 2.66. The van der Waals surface area contributed by atoms with E-state index in [1.807, 2.05) is 0 Å². The summed E-state index contributed by atoms with van der Waals surface area (Å²) in [5.41, 5.74) is 6.33. The van der Waals surface area contributed by atoms with Crippen LogP contribution >= 0.6 is 0 Å². The number of carbonyl (C=O) groups excluding carboxylic acids is 1. The van der Waals surface area contributed by atoms with Gasteiger partial charge < -0.3 is 20.5 Å². The largest absolute Gasteiger partial charge is 0.481 e. The third kappa shape index (κ3) is 5.14. The molecule has 0 saturated carbocycles. The van der Waals surface area contributed by atoms with Gasteiger partial charge in [-0.25, -0.2) is 4.39 Å². The van der Waals surface area contributed by atoms with E-state index in [1.165, 1.54) is 12.1 Å². The fourth-order valence-electron chi connectivity index (χ4n) is 1.67. The summed E-state index contributed by atoms with van der Waals surface area (Å²) in [4.78, 5) is 11.6. The molecule has 0 saturated heterocycles. The van der Waals surface area contributed by atoms with Gasteiger partial charge in [0.2, 0.25) is 0 Å². The van der Waals surface area contributed by atoms with Crippen LogP contribution in [0.2, 0.25) is 0 Å². The summed E-state index contributed by atoms with van der Waals surface area (Å²) in [6.07, 6.45) is 0. The first-order valence-corrected chi connectivity index (χ1v) is 6.40. The average Bonchev–Trinajstić information content (AvgIpc) is 2.37. The molecule has 0 aromatic heterocycles. The van der Waals surface area contributed by atoms with Gasteiger partial charge in [0, 0.05) is 19.2 Å². The predicted molar refractivity (Wildman–Crippen MR) is 74.0 cm³/mol. The van der Waals surface area contributed by atoms with E-state index in [0.29, 0.717) is 12.2 Å². The maximum absolute atomic E-state index is 13.7. The monoisotopic (exact) mass is 284 g/mol. The fourth-order valence-corrected chi connectivity index (χ4v) is 1.67. The minimum atomic E-state index is -0.530. The van der Waals surface area contributed by atoms with Gasteiger partial charge in [0.1, 0.15) is 0 Å². The molecule has 0 spiro atoms. The van der Waals surface area contributed by atoms with E-state index in [1.54, 1.807) is 27.0 Å². The first-order chi connectivity index (χ1) is 9.43. The number of nitrogens with one attached hydrogen (secondary N) is 1. The zero-order chi connectivity index (χ0) is 15.1. The number of carbonyl (C=O) groups is 1. The maximum Gasteiger partial charge on any atom is 0.258 e. The van der Waals surface area contributed by atoms with Gasteiger partial charge in [0.15, 0.2) is 18.2 Å². The van der Waals surface area contributed by atoms with Gasteiger partial charge in [0.05, 0.1) is 6.61 Å². The average molecular weight is 284 g/mol. The normalized spacial score (nSPS) is 13.7. The number of rotatable bonds is 7. The molecule has 5 nitrogen and oxygen atoms in total. The summed E-state index contributed by atoms with van der Waals surface area (Å²) in [6, 6.07) is 4.08. The molecule has 1 aromatic rings. The van der Waals surface area contributed by atoms with Gasteiger partial charge in [0.25, 0.3) is 5.91 Å². The Hall–Kier alpha value is -1.66. The second-order valence-corrected chi connectivity index (χ2v) is 4.69. The Morgan fingerprint density at radius 3 is 2.70 bits per heavy atom. The Morgan fingerprint density at radius 1 is 1.45 bits per heavy atom. The lowest BCUT2D eigenvalue weighted by molar-refractivity contribution is -0.124. The summed E-state index contributed by atoms with van der Waals surface area (Å²) in [6.45, 7) is 3.73. The van der Waals surface area contributed by atoms with Crippen molar-refractivity contribution < 1.29 is 18.7 Å². The second-order valence-electron chi connectivity index (χ2n) is 4.69. The topological polar surface area (TPSA) is 73.6 Å². The van der Waals surface area contributed by atoms with Crippen LogP contribution in [0, 0.1) is 5.82 Å². The highest BCUT2D eigenvalue weighted by Gasteiger charge is 2.11. The lowest BCUT2D eigenvalue weighted by Crippen LogP contribution is -2.38. The first-order valence-electron chi connectivity index (χ1n) is 6.40. The van der Waals surface area contributed by atoms with Crippen molar-refractivity contribution in [3.05, 3.63) is 29.6 Å². The Morgan fingerprint density at radius 2 is 2.15 bits per heavy atom. The zero-order valence-corrected chi connectivity index (χ0v) is 12.0. The molecule has 2 atom stereocenters. The molecule has 6 heteroatoms. The molecule has 0 aliphatic rings.